The molecule has 0 radical (unpaired) electrons. The van der Waals surface area contributed by atoms with Gasteiger partial charge in [0.05, 0.1) is 18.5 Å². The molecule has 3 aromatic carbocycles. The van der Waals surface area contributed by atoms with Crippen LogP contribution in [0.15, 0.2) is 65.7 Å². The molecule has 0 spiro atoms. The predicted molar refractivity (Wildman–Crippen MR) is 195 cm³/mol. The smallest absolute Gasteiger partial charge is 0.342 e. The minimum Gasteiger partial charge on any atom is -0.507 e. The number of primary amides is 1. The molecule has 0 bridgehead atoms. The van der Waals surface area contributed by atoms with Crippen molar-refractivity contribution >= 4 is 46.3 Å². The van der Waals surface area contributed by atoms with E-state index in [0.717, 1.165) is 10.8 Å². The van der Waals surface area contributed by atoms with E-state index in [1.54, 1.807) is 36.4 Å². The molecule has 0 saturated heterocycles. The molecule has 12 N–H and O–H groups in total. The molecule has 4 rings (SSSR count). The lowest BCUT2D eigenvalue weighted by Gasteiger charge is -2.34. The molecule has 4 amide bonds. The van der Waals surface area contributed by atoms with E-state index in [1.807, 2.05) is 32.0 Å². The Morgan fingerprint density at radius 1 is 0.925 bits per heavy atom. The van der Waals surface area contributed by atoms with Crippen molar-refractivity contribution in [3.63, 3.8) is 0 Å². The molecule has 0 fully saturated rings. The van der Waals surface area contributed by atoms with Crippen molar-refractivity contribution in [3.05, 3.63) is 77.4 Å². The Bertz CT molecular complexity index is 1850. The van der Waals surface area contributed by atoms with Crippen LogP contribution < -0.4 is 33.2 Å². The average Bonchev–Trinajstić information content (AvgIpc) is 3.10. The first kappa shape index (κ1) is 40.0. The number of rotatable bonds is 17. The van der Waals surface area contributed by atoms with Gasteiger partial charge in [0, 0.05) is 18.5 Å². The van der Waals surface area contributed by atoms with Gasteiger partial charge in [-0.3, -0.25) is 24.2 Å². The highest BCUT2D eigenvalue weighted by molar-refractivity contribution is 6.01. The summed E-state index contributed by atoms with van der Waals surface area (Å²) >= 11 is 0. The highest BCUT2D eigenvalue weighted by Gasteiger charge is 2.39. The number of carbonyl (C=O) groups excluding carboxylic acids is 5. The quantitative estimate of drug-likeness (QED) is 0.0388. The normalized spacial score (nSPS) is 16.6. The van der Waals surface area contributed by atoms with Gasteiger partial charge < -0.3 is 53.2 Å². The number of esters is 1. The molecule has 284 valence electrons. The highest BCUT2D eigenvalue weighted by atomic mass is 16.5. The lowest BCUT2D eigenvalue weighted by Crippen LogP contribution is -2.59. The second-order valence-corrected chi connectivity index (χ2v) is 13.5. The van der Waals surface area contributed by atoms with Gasteiger partial charge in [-0.05, 0) is 59.7 Å². The number of nitrogens with two attached hydrogens (primary N) is 3. The van der Waals surface area contributed by atoms with Crippen LogP contribution in [-0.4, -0.2) is 93.9 Å². The van der Waals surface area contributed by atoms with Gasteiger partial charge in [-0.1, -0.05) is 56.3 Å². The summed E-state index contributed by atoms with van der Waals surface area (Å²) in [6.07, 6.45) is -4.84. The molecule has 0 aromatic heterocycles. The number of nitrogens with one attached hydrogen (secondary N) is 3. The van der Waals surface area contributed by atoms with Gasteiger partial charge in [-0.25, -0.2) is 4.79 Å². The molecule has 0 saturated carbocycles. The maximum atomic E-state index is 13.6. The van der Waals surface area contributed by atoms with Crippen LogP contribution in [0.4, 0.5) is 0 Å². The Morgan fingerprint density at radius 3 is 2.32 bits per heavy atom. The fourth-order valence-electron chi connectivity index (χ4n) is 6.24. The van der Waals surface area contributed by atoms with Gasteiger partial charge in [0.15, 0.2) is 12.1 Å². The van der Waals surface area contributed by atoms with Crippen molar-refractivity contribution in [2.45, 2.75) is 82.4 Å². The summed E-state index contributed by atoms with van der Waals surface area (Å²) in [4.78, 5) is 69.0. The number of hydrogen-bond donors (Lipinski definition) is 9. The predicted octanol–water partition coefficient (Wildman–Crippen LogP) is 0.0920. The molecule has 1 heterocycles. The summed E-state index contributed by atoms with van der Waals surface area (Å²) in [6.45, 7) is 3.85. The van der Waals surface area contributed by atoms with Gasteiger partial charge in [0.2, 0.25) is 11.8 Å². The van der Waals surface area contributed by atoms with Crippen molar-refractivity contribution in [3.8, 4) is 5.75 Å². The van der Waals surface area contributed by atoms with Crippen LogP contribution >= 0.6 is 0 Å². The fourth-order valence-corrected chi connectivity index (χ4v) is 6.24. The molecule has 16 heteroatoms. The molecular weight excluding hydrogens is 686 g/mol. The highest BCUT2D eigenvalue weighted by Crippen LogP contribution is 2.30. The Hall–Kier alpha value is -5.74. The number of aliphatic hydroxyl groups is 2. The van der Waals surface area contributed by atoms with Crippen LogP contribution in [0.25, 0.3) is 10.8 Å². The number of ether oxygens (including phenoxy) is 1. The maximum absolute atomic E-state index is 13.6. The van der Waals surface area contributed by atoms with Crippen molar-refractivity contribution in [1.82, 2.24) is 16.0 Å². The number of phenols is 1. The van der Waals surface area contributed by atoms with E-state index in [2.05, 4.69) is 20.9 Å². The molecule has 6 atom stereocenters. The first-order valence-corrected chi connectivity index (χ1v) is 17.3. The minimum absolute atomic E-state index is 0.00113. The minimum atomic E-state index is -2.10. The van der Waals surface area contributed by atoms with Crippen LogP contribution in [0.2, 0.25) is 0 Å². The number of hydrogen-bond acceptors (Lipinski definition) is 10. The third-order valence-corrected chi connectivity index (χ3v) is 8.85. The summed E-state index contributed by atoms with van der Waals surface area (Å²) in [5.74, 6) is -4.67. The zero-order chi connectivity index (χ0) is 38.8. The number of guanidine groups is 1. The van der Waals surface area contributed by atoms with Gasteiger partial charge in [-0.15, -0.1) is 0 Å². The maximum Gasteiger partial charge on any atom is 0.342 e. The van der Waals surface area contributed by atoms with Crippen molar-refractivity contribution in [1.29, 1.82) is 0 Å². The van der Waals surface area contributed by atoms with Crippen LogP contribution in [-0.2, 0) is 25.5 Å². The summed E-state index contributed by atoms with van der Waals surface area (Å²) in [5, 5.41) is 42.1. The third-order valence-electron chi connectivity index (χ3n) is 8.85. The Morgan fingerprint density at radius 2 is 1.64 bits per heavy atom. The largest absolute Gasteiger partial charge is 0.507 e. The van der Waals surface area contributed by atoms with Gasteiger partial charge in [0.1, 0.15) is 29.6 Å². The number of amides is 4. The van der Waals surface area contributed by atoms with Crippen molar-refractivity contribution in [2.24, 2.45) is 28.1 Å². The van der Waals surface area contributed by atoms with E-state index in [9.17, 15) is 39.3 Å². The Balaban J connectivity index is 1.51. The Kier molecular flexibility index (Phi) is 13.7. The number of carbonyl (C=O) groups is 5. The van der Waals surface area contributed by atoms with Crippen LogP contribution in [0.5, 0.6) is 5.75 Å². The standard InChI is InChI=1S/C37H47N7O9/c1-19(2)15-25(28-17-22-9-5-11-27(45)30(22)36(52)53-28)43-35(51)32(48)31(47)24(10-6-14-41-37(39)40)42-34(50)26(18-29(38)46)44-33(49)23-13-12-20-7-3-4-8-21(20)16-23/h3-5,7-9,11-13,16,19,24-26,28,31-32,45,47-48H,6,10,14-15,17-18H2,1-2H3,(H2,38,46)(H,42,50)(H,43,51)(H,44,49)(H4,39,40,41)/t24-,25-,26+,28-,31-,32-/m0/s1. The zero-order valence-corrected chi connectivity index (χ0v) is 29.5. The first-order valence-electron chi connectivity index (χ1n) is 17.3. The van der Waals surface area contributed by atoms with E-state index in [0.29, 0.717) is 12.0 Å². The molecule has 0 aliphatic carbocycles. The number of phenolic OH excluding ortho intramolecular Hbond substituents is 1. The molecule has 53 heavy (non-hydrogen) atoms. The van der Waals surface area contributed by atoms with E-state index in [1.165, 1.54) is 6.07 Å². The van der Waals surface area contributed by atoms with Gasteiger partial charge in [-0.2, -0.15) is 0 Å². The van der Waals surface area contributed by atoms with Crippen LogP contribution in [0.3, 0.4) is 0 Å². The Labute approximate surface area is 306 Å². The van der Waals surface area contributed by atoms with E-state index in [4.69, 9.17) is 21.9 Å². The molecular formula is C37H47N7O9. The van der Waals surface area contributed by atoms with Crippen LogP contribution in [0, 0.1) is 5.92 Å². The lowest BCUT2D eigenvalue weighted by molar-refractivity contribution is -0.140. The molecule has 16 nitrogen and oxygen atoms in total. The summed E-state index contributed by atoms with van der Waals surface area (Å²) in [7, 11) is 0. The number of benzene rings is 3. The number of aromatic hydroxyl groups is 1. The number of aliphatic imine (C=N–C) groups is 1. The summed E-state index contributed by atoms with van der Waals surface area (Å²) < 4.78 is 5.61. The first-order chi connectivity index (χ1) is 25.1. The molecule has 1 aliphatic heterocycles. The summed E-state index contributed by atoms with van der Waals surface area (Å²) in [5.41, 5.74) is 17.0. The SMILES string of the molecule is CC(C)C[C@H](NC(=O)[C@@H](O)[C@@H](O)[C@H](CCCN=C(N)N)NC(=O)[C@@H](CC(N)=O)NC(=O)c1ccc2ccccc2c1)[C@@H]1Cc2cccc(O)c2C(=O)O1. The van der Waals surface area contributed by atoms with E-state index < -0.39 is 72.5 Å². The average molecular weight is 734 g/mol. The second-order valence-electron chi connectivity index (χ2n) is 13.5. The third kappa shape index (κ3) is 10.9. The van der Waals surface area contributed by atoms with Gasteiger partial charge >= 0.3 is 5.97 Å². The van der Waals surface area contributed by atoms with Crippen molar-refractivity contribution < 1.29 is 44.0 Å². The fraction of sp³-hybridized carbons (Fsp3) is 0.405. The summed E-state index contributed by atoms with van der Waals surface area (Å²) in [6, 6.07) is 13.3. The van der Waals surface area contributed by atoms with E-state index >= 15 is 0 Å². The van der Waals surface area contributed by atoms with Gasteiger partial charge in [0.25, 0.3) is 11.8 Å². The number of cyclic esters (lactones) is 1. The number of fused-ring (bicyclic) bond motifs is 2. The molecule has 1 aliphatic rings. The monoisotopic (exact) mass is 733 g/mol. The van der Waals surface area contributed by atoms with E-state index in [-0.39, 0.29) is 54.6 Å². The van der Waals surface area contributed by atoms with Crippen molar-refractivity contribution in [2.75, 3.05) is 6.54 Å². The second kappa shape index (κ2) is 18.1. The number of aliphatic hydroxyl groups excluding tert-OH is 2. The number of nitrogens with zero attached hydrogens (tertiary/aromatic N) is 1. The molecule has 3 aromatic rings. The zero-order valence-electron chi connectivity index (χ0n) is 29.5. The molecule has 0 unspecified atom stereocenters. The van der Waals surface area contributed by atoms with Crippen LogP contribution in [0.1, 0.15) is 65.8 Å². The topological polar surface area (TPSA) is 282 Å². The lowest BCUT2D eigenvalue weighted by atomic mass is 9.90.